The van der Waals surface area contributed by atoms with Gasteiger partial charge < -0.3 is 11.1 Å². The number of unbranched alkanes of at least 4 members (excludes halogenated alkanes) is 2. The van der Waals surface area contributed by atoms with Gasteiger partial charge in [0.2, 0.25) is 0 Å². The van der Waals surface area contributed by atoms with Crippen LogP contribution in [0, 0.1) is 6.92 Å². The Kier molecular flexibility index (Phi) is 7.29. The van der Waals surface area contributed by atoms with Crippen LogP contribution >= 0.6 is 0 Å². The van der Waals surface area contributed by atoms with Crippen molar-refractivity contribution in [1.82, 2.24) is 5.32 Å². The smallest absolute Gasteiger partial charge is 0.326 e. The maximum absolute atomic E-state index is 11.9. The van der Waals surface area contributed by atoms with E-state index in [2.05, 4.69) is 29.5 Å². The van der Waals surface area contributed by atoms with Crippen molar-refractivity contribution in [2.24, 2.45) is 10.7 Å². The Bertz CT molecular complexity index is 497. The number of nitrogens with one attached hydrogen (secondary N) is 2. The normalized spacial score (nSPS) is 11.3. The highest BCUT2D eigenvalue weighted by Gasteiger charge is 2.08. The number of guanidine groups is 1. The molecule has 0 fully saturated rings. The zero-order valence-corrected chi connectivity index (χ0v) is 13.2. The summed E-state index contributed by atoms with van der Waals surface area (Å²) in [5.74, 6) is 0.162. The van der Waals surface area contributed by atoms with E-state index >= 15 is 0 Å². The first-order valence-electron chi connectivity index (χ1n) is 7.54. The molecule has 1 aromatic rings. The van der Waals surface area contributed by atoms with Crippen LogP contribution in [0.4, 0.5) is 10.5 Å². The fourth-order valence-electron chi connectivity index (χ4n) is 2.06. The minimum absolute atomic E-state index is 0.162. The van der Waals surface area contributed by atoms with Gasteiger partial charge in [0, 0.05) is 12.2 Å². The molecule has 4 N–H and O–H groups in total. The van der Waals surface area contributed by atoms with Gasteiger partial charge in [-0.05, 0) is 30.9 Å². The first kappa shape index (κ1) is 17.0. The average molecular weight is 290 g/mol. The van der Waals surface area contributed by atoms with Gasteiger partial charge in [0.15, 0.2) is 5.96 Å². The van der Waals surface area contributed by atoms with Crippen molar-refractivity contribution in [3.63, 3.8) is 0 Å². The third kappa shape index (κ3) is 5.85. The number of aryl methyl sites for hydroxylation is 2. The molecule has 1 aromatic carbocycles. The Morgan fingerprint density at radius 2 is 2.05 bits per heavy atom. The fraction of sp³-hybridized carbons (Fsp3) is 0.500. The van der Waals surface area contributed by atoms with Crippen molar-refractivity contribution in [3.05, 3.63) is 29.3 Å². The summed E-state index contributed by atoms with van der Waals surface area (Å²) in [6, 6.07) is 5.61. The molecule has 0 atom stereocenters. The molecule has 0 spiro atoms. The Hall–Kier alpha value is -2.04. The number of hydrogen-bond acceptors (Lipinski definition) is 2. The Labute approximate surface area is 127 Å². The Morgan fingerprint density at radius 3 is 2.71 bits per heavy atom. The first-order chi connectivity index (χ1) is 10.1. The lowest BCUT2D eigenvalue weighted by atomic mass is 10.1. The summed E-state index contributed by atoms with van der Waals surface area (Å²) >= 11 is 0. The van der Waals surface area contributed by atoms with Gasteiger partial charge in [0.05, 0.1) is 0 Å². The molecule has 5 nitrogen and oxygen atoms in total. The molecule has 116 valence electrons. The topological polar surface area (TPSA) is 79.5 Å². The number of rotatable bonds is 6. The maximum atomic E-state index is 11.9. The Morgan fingerprint density at radius 1 is 1.29 bits per heavy atom. The second-order valence-electron chi connectivity index (χ2n) is 5.02. The standard InChI is InChI=1S/C16H26N4O/c1-4-6-7-11-18-15(17)20-16(21)19-14-12(3)9-8-10-13(14)5-2/h8-10H,4-7,11H2,1-3H3,(H4,17,18,19,20,21). The van der Waals surface area contributed by atoms with Crippen molar-refractivity contribution in [2.75, 3.05) is 11.9 Å². The number of nitrogens with zero attached hydrogens (tertiary/aromatic N) is 1. The molecule has 0 saturated carbocycles. The molecular formula is C16H26N4O. The summed E-state index contributed by atoms with van der Waals surface area (Å²) in [7, 11) is 0. The van der Waals surface area contributed by atoms with E-state index in [4.69, 9.17) is 5.73 Å². The van der Waals surface area contributed by atoms with E-state index in [9.17, 15) is 4.79 Å². The lowest BCUT2D eigenvalue weighted by molar-refractivity contribution is 0.256. The number of urea groups is 1. The summed E-state index contributed by atoms with van der Waals surface area (Å²) in [5, 5.41) is 5.41. The molecule has 0 radical (unpaired) electrons. The lowest BCUT2D eigenvalue weighted by Crippen LogP contribution is -2.40. The van der Waals surface area contributed by atoms with E-state index in [0.717, 1.165) is 42.5 Å². The van der Waals surface area contributed by atoms with E-state index in [1.165, 1.54) is 0 Å². The molecular weight excluding hydrogens is 264 g/mol. The van der Waals surface area contributed by atoms with Crippen molar-refractivity contribution >= 4 is 17.7 Å². The van der Waals surface area contributed by atoms with Gasteiger partial charge in [-0.3, -0.25) is 10.3 Å². The second kappa shape index (κ2) is 9.00. The molecule has 5 heteroatoms. The van der Waals surface area contributed by atoms with Gasteiger partial charge in [-0.15, -0.1) is 0 Å². The van der Waals surface area contributed by atoms with Crippen molar-refractivity contribution in [2.45, 2.75) is 46.5 Å². The van der Waals surface area contributed by atoms with Crippen LogP contribution in [0.2, 0.25) is 0 Å². The van der Waals surface area contributed by atoms with Gasteiger partial charge in [0.25, 0.3) is 0 Å². The van der Waals surface area contributed by atoms with Gasteiger partial charge in [-0.25, -0.2) is 4.79 Å². The van der Waals surface area contributed by atoms with Gasteiger partial charge in [-0.1, -0.05) is 44.9 Å². The third-order valence-electron chi connectivity index (χ3n) is 3.26. The predicted molar refractivity (Wildman–Crippen MR) is 88.7 cm³/mol. The number of hydrogen-bond donors (Lipinski definition) is 3. The SMILES string of the molecule is CCCCCN=C(N)NC(=O)Nc1c(C)cccc1CC. The molecule has 21 heavy (non-hydrogen) atoms. The minimum atomic E-state index is -0.351. The van der Waals surface area contributed by atoms with Crippen LogP contribution in [0.3, 0.4) is 0 Å². The number of carbonyl (C=O) groups excluding carboxylic acids is 1. The maximum Gasteiger partial charge on any atom is 0.326 e. The molecule has 0 aliphatic carbocycles. The van der Waals surface area contributed by atoms with E-state index < -0.39 is 0 Å². The molecule has 0 heterocycles. The zero-order chi connectivity index (χ0) is 15.7. The number of carbonyl (C=O) groups is 1. The number of nitrogens with two attached hydrogens (primary N) is 1. The molecule has 1 rings (SSSR count). The van der Waals surface area contributed by atoms with Crippen LogP contribution in [0.25, 0.3) is 0 Å². The van der Waals surface area contributed by atoms with Crippen LogP contribution in [0.5, 0.6) is 0 Å². The minimum Gasteiger partial charge on any atom is -0.370 e. The largest absolute Gasteiger partial charge is 0.370 e. The van der Waals surface area contributed by atoms with Crippen LogP contribution in [0.1, 0.15) is 44.2 Å². The van der Waals surface area contributed by atoms with Crippen molar-refractivity contribution in [1.29, 1.82) is 0 Å². The second-order valence-corrected chi connectivity index (χ2v) is 5.02. The lowest BCUT2D eigenvalue weighted by Gasteiger charge is -2.13. The summed E-state index contributed by atoms with van der Waals surface area (Å²) in [6.07, 6.45) is 4.10. The molecule has 2 amide bonds. The highest BCUT2D eigenvalue weighted by Crippen LogP contribution is 2.20. The molecule has 0 aromatic heterocycles. The number of anilines is 1. The number of benzene rings is 1. The van der Waals surface area contributed by atoms with Gasteiger partial charge >= 0.3 is 6.03 Å². The number of amides is 2. The first-order valence-corrected chi connectivity index (χ1v) is 7.54. The summed E-state index contributed by atoms with van der Waals surface area (Å²) in [5.41, 5.74) is 8.67. The number of aliphatic imine (C=N–C) groups is 1. The molecule has 0 bridgehead atoms. The fourth-order valence-corrected chi connectivity index (χ4v) is 2.06. The summed E-state index contributed by atoms with van der Waals surface area (Å²) < 4.78 is 0. The third-order valence-corrected chi connectivity index (χ3v) is 3.26. The van der Waals surface area contributed by atoms with Crippen LogP contribution in [-0.2, 0) is 6.42 Å². The van der Waals surface area contributed by atoms with Crippen LogP contribution < -0.4 is 16.4 Å². The quantitative estimate of drug-likeness (QED) is 0.427. The summed E-state index contributed by atoms with van der Waals surface area (Å²) in [4.78, 5) is 16.1. The van der Waals surface area contributed by atoms with E-state index in [1.54, 1.807) is 0 Å². The Balaban J connectivity index is 2.58. The monoisotopic (exact) mass is 290 g/mol. The number of para-hydroxylation sites is 1. The van der Waals surface area contributed by atoms with E-state index in [0.29, 0.717) is 6.54 Å². The van der Waals surface area contributed by atoms with Crippen LogP contribution in [-0.4, -0.2) is 18.5 Å². The van der Waals surface area contributed by atoms with Gasteiger partial charge in [0.1, 0.15) is 0 Å². The zero-order valence-electron chi connectivity index (χ0n) is 13.2. The molecule has 0 aliphatic heterocycles. The van der Waals surface area contributed by atoms with Crippen molar-refractivity contribution in [3.8, 4) is 0 Å². The van der Waals surface area contributed by atoms with Gasteiger partial charge in [-0.2, -0.15) is 0 Å². The molecule has 0 aliphatic rings. The highest BCUT2D eigenvalue weighted by molar-refractivity contribution is 6.02. The van der Waals surface area contributed by atoms with E-state index in [-0.39, 0.29) is 12.0 Å². The highest BCUT2D eigenvalue weighted by atomic mass is 16.2. The van der Waals surface area contributed by atoms with Crippen LogP contribution in [0.15, 0.2) is 23.2 Å². The summed E-state index contributed by atoms with van der Waals surface area (Å²) in [6.45, 7) is 6.80. The molecule has 0 saturated heterocycles. The van der Waals surface area contributed by atoms with Crippen molar-refractivity contribution < 1.29 is 4.79 Å². The van der Waals surface area contributed by atoms with E-state index in [1.807, 2.05) is 25.1 Å². The molecule has 0 unspecified atom stereocenters. The predicted octanol–water partition coefficient (Wildman–Crippen LogP) is 3.18. The average Bonchev–Trinajstić information content (AvgIpc) is 2.45.